The van der Waals surface area contributed by atoms with Crippen LogP contribution in [0.3, 0.4) is 0 Å². The van der Waals surface area contributed by atoms with Gasteiger partial charge in [0.1, 0.15) is 19.3 Å². The van der Waals surface area contributed by atoms with Crippen molar-refractivity contribution in [3.8, 4) is 11.5 Å². The van der Waals surface area contributed by atoms with Gasteiger partial charge in [-0.3, -0.25) is 14.5 Å². The molecule has 2 saturated heterocycles. The lowest BCUT2D eigenvalue weighted by atomic mass is 10.1. The van der Waals surface area contributed by atoms with Gasteiger partial charge in [0.15, 0.2) is 11.5 Å². The molecule has 0 saturated carbocycles. The Morgan fingerprint density at radius 2 is 2.04 bits per heavy atom. The molecule has 0 aliphatic carbocycles. The molecule has 0 spiro atoms. The summed E-state index contributed by atoms with van der Waals surface area (Å²) in [5, 5.41) is 2.89. The Bertz CT molecular complexity index is 699. The molecule has 3 aliphatic rings. The summed E-state index contributed by atoms with van der Waals surface area (Å²) in [5.74, 6) is 2.41. The van der Waals surface area contributed by atoms with Gasteiger partial charge in [-0.05, 0) is 18.2 Å². The quantitative estimate of drug-likeness (QED) is 0.774. The van der Waals surface area contributed by atoms with E-state index in [1.54, 1.807) is 11.8 Å². The van der Waals surface area contributed by atoms with Crippen LogP contribution in [0.4, 0.5) is 0 Å². The molecule has 2 amide bonds. The van der Waals surface area contributed by atoms with Crippen LogP contribution in [0, 0.1) is 0 Å². The highest BCUT2D eigenvalue weighted by Crippen LogP contribution is 2.34. The van der Waals surface area contributed by atoms with Crippen LogP contribution in [0.5, 0.6) is 11.5 Å². The predicted octanol–water partition coefficient (Wildman–Crippen LogP) is 0.583. The second-order valence-corrected chi connectivity index (χ2v) is 7.75. The number of rotatable bonds is 4. The number of nitrogens with zero attached hydrogens (tertiary/aromatic N) is 2. The molecule has 1 aromatic carbocycles. The van der Waals surface area contributed by atoms with Gasteiger partial charge in [-0.25, -0.2) is 0 Å². The van der Waals surface area contributed by atoms with Gasteiger partial charge >= 0.3 is 0 Å². The number of amides is 2. The summed E-state index contributed by atoms with van der Waals surface area (Å²) in [7, 11) is 0. The first-order valence-electron chi connectivity index (χ1n) is 9.03. The molecule has 3 aliphatic heterocycles. The molecule has 0 aromatic heterocycles. The minimum absolute atomic E-state index is 0.0411. The largest absolute Gasteiger partial charge is 0.486 e. The van der Waals surface area contributed by atoms with Crippen LogP contribution < -0.4 is 14.8 Å². The van der Waals surface area contributed by atoms with Gasteiger partial charge in [-0.15, -0.1) is 11.8 Å². The molecule has 0 bridgehead atoms. The maximum Gasteiger partial charge on any atom is 0.239 e. The fourth-order valence-electron chi connectivity index (χ4n) is 3.53. The second kappa shape index (κ2) is 7.75. The van der Waals surface area contributed by atoms with E-state index in [9.17, 15) is 9.59 Å². The summed E-state index contributed by atoms with van der Waals surface area (Å²) in [4.78, 5) is 29.6. The molecule has 4 rings (SSSR count). The third-order valence-electron chi connectivity index (χ3n) is 4.94. The van der Waals surface area contributed by atoms with E-state index in [-0.39, 0.29) is 17.9 Å². The van der Waals surface area contributed by atoms with Crippen molar-refractivity contribution in [1.82, 2.24) is 15.1 Å². The van der Waals surface area contributed by atoms with Gasteiger partial charge in [0.25, 0.3) is 0 Å². The molecular formula is C18H23N3O4S. The number of carbonyl (C=O) groups is 2. The Morgan fingerprint density at radius 1 is 1.19 bits per heavy atom. The summed E-state index contributed by atoms with van der Waals surface area (Å²) in [6.45, 7) is 4.71. The molecule has 7 nitrogen and oxygen atoms in total. The molecule has 8 heteroatoms. The number of hydrogen-bond acceptors (Lipinski definition) is 6. The number of ether oxygens (including phenoxy) is 2. The molecule has 26 heavy (non-hydrogen) atoms. The van der Waals surface area contributed by atoms with Crippen LogP contribution in [0.1, 0.15) is 6.42 Å². The highest BCUT2D eigenvalue weighted by atomic mass is 32.2. The Labute approximate surface area is 157 Å². The predicted molar refractivity (Wildman–Crippen MR) is 97.7 cm³/mol. The van der Waals surface area contributed by atoms with Crippen LogP contribution in [-0.4, -0.2) is 79.3 Å². The Balaban J connectivity index is 1.27. The Morgan fingerprint density at radius 3 is 2.92 bits per heavy atom. The molecule has 1 N–H and O–H groups in total. The van der Waals surface area contributed by atoms with Gasteiger partial charge in [0.2, 0.25) is 11.8 Å². The fourth-order valence-corrected chi connectivity index (χ4v) is 4.40. The van der Waals surface area contributed by atoms with Crippen molar-refractivity contribution in [1.29, 1.82) is 0 Å². The van der Waals surface area contributed by atoms with Crippen molar-refractivity contribution in [2.45, 2.75) is 17.4 Å². The van der Waals surface area contributed by atoms with E-state index in [0.29, 0.717) is 45.0 Å². The molecule has 3 heterocycles. The van der Waals surface area contributed by atoms with E-state index in [2.05, 4.69) is 10.2 Å². The molecule has 1 unspecified atom stereocenters. The van der Waals surface area contributed by atoms with Crippen molar-refractivity contribution in [3.05, 3.63) is 18.2 Å². The number of thioether (sulfide) groups is 1. The van der Waals surface area contributed by atoms with Crippen molar-refractivity contribution < 1.29 is 19.1 Å². The smallest absolute Gasteiger partial charge is 0.239 e. The van der Waals surface area contributed by atoms with Crippen LogP contribution in [0.15, 0.2) is 23.1 Å². The lowest BCUT2D eigenvalue weighted by molar-refractivity contribution is -0.139. The van der Waals surface area contributed by atoms with Crippen molar-refractivity contribution in [2.75, 3.05) is 51.7 Å². The van der Waals surface area contributed by atoms with Crippen LogP contribution >= 0.6 is 11.8 Å². The lowest BCUT2D eigenvalue weighted by Crippen LogP contribution is -2.64. The molecule has 1 aromatic rings. The summed E-state index contributed by atoms with van der Waals surface area (Å²) in [6, 6.07) is 5.69. The molecule has 1 atom stereocenters. The van der Waals surface area contributed by atoms with E-state index in [1.165, 1.54) is 0 Å². The van der Waals surface area contributed by atoms with E-state index in [1.807, 2.05) is 23.1 Å². The van der Waals surface area contributed by atoms with E-state index in [4.69, 9.17) is 9.47 Å². The first-order chi connectivity index (χ1) is 12.7. The molecule has 140 valence electrons. The minimum Gasteiger partial charge on any atom is -0.486 e. The summed E-state index contributed by atoms with van der Waals surface area (Å²) < 4.78 is 11.1. The number of carbonyl (C=O) groups excluding carboxylic acids is 2. The molecule has 0 radical (unpaired) electrons. The SMILES string of the molecule is O=C1NCCN2CCN(C(=O)CCSc3ccc4c(c3)OCCO4)CC12. The Kier molecular flexibility index (Phi) is 5.21. The number of nitrogens with one attached hydrogen (secondary N) is 1. The number of piperazine rings is 2. The van der Waals surface area contributed by atoms with Gasteiger partial charge < -0.3 is 19.7 Å². The van der Waals surface area contributed by atoms with Crippen molar-refractivity contribution in [3.63, 3.8) is 0 Å². The first-order valence-corrected chi connectivity index (χ1v) is 10.0. The van der Waals surface area contributed by atoms with Crippen molar-refractivity contribution >= 4 is 23.6 Å². The van der Waals surface area contributed by atoms with Crippen LogP contribution in [0.25, 0.3) is 0 Å². The normalized spacial score (nSPS) is 22.5. The second-order valence-electron chi connectivity index (χ2n) is 6.59. The monoisotopic (exact) mass is 377 g/mol. The highest BCUT2D eigenvalue weighted by molar-refractivity contribution is 7.99. The molecule has 2 fully saturated rings. The van der Waals surface area contributed by atoms with Gasteiger partial charge in [0.05, 0.1) is 0 Å². The first kappa shape index (κ1) is 17.5. The average Bonchev–Trinajstić information content (AvgIpc) is 2.68. The summed E-state index contributed by atoms with van der Waals surface area (Å²) >= 11 is 1.64. The van der Waals surface area contributed by atoms with Crippen molar-refractivity contribution in [2.24, 2.45) is 0 Å². The molecular weight excluding hydrogens is 354 g/mol. The average molecular weight is 377 g/mol. The topological polar surface area (TPSA) is 71.1 Å². The maximum atomic E-state index is 12.5. The summed E-state index contributed by atoms with van der Waals surface area (Å²) in [6.07, 6.45) is 0.466. The van der Waals surface area contributed by atoms with Crippen LogP contribution in [-0.2, 0) is 9.59 Å². The Hall–Kier alpha value is -1.93. The minimum atomic E-state index is -0.188. The highest BCUT2D eigenvalue weighted by Gasteiger charge is 2.35. The van der Waals surface area contributed by atoms with E-state index >= 15 is 0 Å². The van der Waals surface area contributed by atoms with E-state index < -0.39 is 0 Å². The van der Waals surface area contributed by atoms with E-state index in [0.717, 1.165) is 29.5 Å². The third kappa shape index (κ3) is 3.76. The standard InChI is InChI=1S/C18H23N3O4S/c22-17(21-7-6-20-5-4-19-18(23)14(20)12-21)3-10-26-13-1-2-15-16(11-13)25-9-8-24-15/h1-2,11,14H,3-10,12H2,(H,19,23). The zero-order chi connectivity index (χ0) is 17.9. The third-order valence-corrected chi connectivity index (χ3v) is 5.94. The lowest BCUT2D eigenvalue weighted by Gasteiger charge is -2.43. The fraction of sp³-hybridized carbons (Fsp3) is 0.556. The van der Waals surface area contributed by atoms with Gasteiger partial charge in [-0.2, -0.15) is 0 Å². The zero-order valence-corrected chi connectivity index (χ0v) is 15.4. The van der Waals surface area contributed by atoms with Crippen LogP contribution in [0.2, 0.25) is 0 Å². The van der Waals surface area contributed by atoms with Gasteiger partial charge in [0, 0.05) is 49.8 Å². The summed E-state index contributed by atoms with van der Waals surface area (Å²) in [5.41, 5.74) is 0. The number of hydrogen-bond donors (Lipinski definition) is 1. The zero-order valence-electron chi connectivity index (χ0n) is 14.6. The van der Waals surface area contributed by atoms with Gasteiger partial charge in [-0.1, -0.05) is 0 Å². The maximum absolute atomic E-state index is 12.5. The number of benzene rings is 1. The number of fused-ring (bicyclic) bond motifs is 2.